The van der Waals surface area contributed by atoms with Crippen LogP contribution in [0.4, 0.5) is 4.79 Å². The van der Waals surface area contributed by atoms with E-state index in [0.29, 0.717) is 0 Å². The standard InChI is InChI=1S/C19H23N3O2/c1-14(18(23)22-19(20)24)21-17(16-10-6-3-7-11-16)13-12-15-8-4-2-5-9-15/h2-11,14,17,21H,12-13H2,1H3,(H3,20,22,23,24)/t14-,17-/m0/s1. The second-order valence-electron chi connectivity index (χ2n) is 5.73. The number of carbonyl (C=O) groups is 2. The van der Waals surface area contributed by atoms with E-state index in [1.807, 2.05) is 48.5 Å². The second-order valence-corrected chi connectivity index (χ2v) is 5.73. The lowest BCUT2D eigenvalue weighted by Crippen LogP contribution is -2.47. The predicted molar refractivity (Wildman–Crippen MR) is 94.3 cm³/mol. The maximum atomic E-state index is 11.9. The minimum absolute atomic E-state index is 0.0000302. The molecule has 0 aromatic heterocycles. The van der Waals surface area contributed by atoms with Crippen molar-refractivity contribution < 1.29 is 9.59 Å². The Hall–Kier alpha value is -2.66. The van der Waals surface area contributed by atoms with Gasteiger partial charge in [-0.25, -0.2) is 4.79 Å². The molecule has 2 aromatic rings. The molecule has 2 aromatic carbocycles. The monoisotopic (exact) mass is 325 g/mol. The van der Waals surface area contributed by atoms with Gasteiger partial charge in [0.05, 0.1) is 6.04 Å². The topological polar surface area (TPSA) is 84.2 Å². The Labute approximate surface area is 142 Å². The molecule has 3 amide bonds. The van der Waals surface area contributed by atoms with E-state index in [4.69, 9.17) is 5.73 Å². The fourth-order valence-corrected chi connectivity index (χ4v) is 2.59. The summed E-state index contributed by atoms with van der Waals surface area (Å²) >= 11 is 0. The highest BCUT2D eigenvalue weighted by molar-refractivity contribution is 5.96. The lowest BCUT2D eigenvalue weighted by Gasteiger charge is -2.23. The van der Waals surface area contributed by atoms with Crippen molar-refractivity contribution in [3.8, 4) is 0 Å². The van der Waals surface area contributed by atoms with Crippen LogP contribution in [0, 0.1) is 0 Å². The smallest absolute Gasteiger partial charge is 0.318 e. The molecule has 5 nitrogen and oxygen atoms in total. The minimum Gasteiger partial charge on any atom is -0.351 e. The molecule has 0 bridgehead atoms. The van der Waals surface area contributed by atoms with Crippen LogP contribution in [0.1, 0.15) is 30.5 Å². The van der Waals surface area contributed by atoms with Gasteiger partial charge in [0.15, 0.2) is 0 Å². The number of urea groups is 1. The molecule has 2 atom stereocenters. The molecule has 0 spiro atoms. The number of nitrogens with two attached hydrogens (primary N) is 1. The van der Waals surface area contributed by atoms with Crippen LogP contribution in [-0.4, -0.2) is 18.0 Å². The lowest BCUT2D eigenvalue weighted by atomic mass is 9.98. The number of carbonyl (C=O) groups excluding carboxylic acids is 2. The highest BCUT2D eigenvalue weighted by atomic mass is 16.2. The number of amides is 3. The van der Waals surface area contributed by atoms with Gasteiger partial charge in [-0.05, 0) is 30.9 Å². The third-order valence-corrected chi connectivity index (χ3v) is 3.86. The molecule has 0 saturated carbocycles. The first-order valence-corrected chi connectivity index (χ1v) is 8.01. The number of imide groups is 1. The third kappa shape index (κ3) is 5.52. The molecule has 0 unspecified atom stereocenters. The van der Waals surface area contributed by atoms with E-state index in [2.05, 4.69) is 22.8 Å². The molecule has 5 heteroatoms. The Morgan fingerprint density at radius 2 is 1.58 bits per heavy atom. The van der Waals surface area contributed by atoms with Crippen molar-refractivity contribution in [3.05, 3.63) is 71.8 Å². The molecule has 2 rings (SSSR count). The van der Waals surface area contributed by atoms with Gasteiger partial charge in [-0.3, -0.25) is 15.4 Å². The minimum atomic E-state index is -0.839. The van der Waals surface area contributed by atoms with Crippen LogP contribution in [0.5, 0.6) is 0 Å². The first-order chi connectivity index (χ1) is 11.6. The highest BCUT2D eigenvalue weighted by Gasteiger charge is 2.20. The van der Waals surface area contributed by atoms with Crippen LogP contribution in [0.2, 0.25) is 0 Å². The van der Waals surface area contributed by atoms with Gasteiger partial charge in [0.1, 0.15) is 0 Å². The maximum absolute atomic E-state index is 11.9. The summed E-state index contributed by atoms with van der Waals surface area (Å²) in [4.78, 5) is 22.8. The zero-order valence-corrected chi connectivity index (χ0v) is 13.7. The quantitative estimate of drug-likeness (QED) is 0.731. The Morgan fingerprint density at radius 1 is 1.00 bits per heavy atom. The summed E-state index contributed by atoms with van der Waals surface area (Å²) in [5, 5.41) is 5.40. The van der Waals surface area contributed by atoms with E-state index in [1.54, 1.807) is 6.92 Å². The van der Waals surface area contributed by atoms with Crippen molar-refractivity contribution in [2.45, 2.75) is 31.8 Å². The highest BCUT2D eigenvalue weighted by Crippen LogP contribution is 2.20. The van der Waals surface area contributed by atoms with Gasteiger partial charge in [-0.1, -0.05) is 60.7 Å². The molecule has 0 aliphatic carbocycles. The molecule has 126 valence electrons. The summed E-state index contributed by atoms with van der Waals surface area (Å²) < 4.78 is 0. The molecule has 0 saturated heterocycles. The van der Waals surface area contributed by atoms with Crippen molar-refractivity contribution in [2.75, 3.05) is 0 Å². The number of hydrogen-bond donors (Lipinski definition) is 3. The molecule has 0 radical (unpaired) electrons. The summed E-state index contributed by atoms with van der Waals surface area (Å²) in [6.07, 6.45) is 1.72. The summed E-state index contributed by atoms with van der Waals surface area (Å²) in [5.74, 6) is -0.428. The molecular formula is C19H23N3O2. The number of aryl methyl sites for hydroxylation is 1. The molecule has 0 aliphatic heterocycles. The summed E-state index contributed by atoms with van der Waals surface area (Å²) in [6, 6.07) is 18.8. The third-order valence-electron chi connectivity index (χ3n) is 3.86. The van der Waals surface area contributed by atoms with Gasteiger partial charge in [-0.15, -0.1) is 0 Å². The molecule has 0 fully saturated rings. The fraction of sp³-hybridized carbons (Fsp3) is 0.263. The zero-order valence-electron chi connectivity index (χ0n) is 13.7. The van der Waals surface area contributed by atoms with Crippen LogP contribution < -0.4 is 16.4 Å². The SMILES string of the molecule is C[C@H](N[C@@H](CCc1ccccc1)c1ccccc1)C(=O)NC(N)=O. The second kappa shape index (κ2) is 8.84. The van der Waals surface area contributed by atoms with Crippen molar-refractivity contribution in [1.82, 2.24) is 10.6 Å². The molecule has 0 aliphatic rings. The lowest BCUT2D eigenvalue weighted by molar-refractivity contribution is -0.121. The predicted octanol–water partition coefficient (Wildman–Crippen LogP) is 2.53. The summed E-state index contributed by atoms with van der Waals surface area (Å²) in [5.41, 5.74) is 7.36. The molecule has 4 N–H and O–H groups in total. The first-order valence-electron chi connectivity index (χ1n) is 8.01. The van der Waals surface area contributed by atoms with E-state index < -0.39 is 18.0 Å². The fourth-order valence-electron chi connectivity index (χ4n) is 2.59. The number of primary amides is 1. The number of nitrogens with one attached hydrogen (secondary N) is 2. The van der Waals surface area contributed by atoms with Gasteiger partial charge in [0.25, 0.3) is 0 Å². The van der Waals surface area contributed by atoms with E-state index in [9.17, 15) is 9.59 Å². The van der Waals surface area contributed by atoms with Gasteiger partial charge in [-0.2, -0.15) is 0 Å². The summed E-state index contributed by atoms with van der Waals surface area (Å²) in [6.45, 7) is 1.72. The Kier molecular flexibility index (Phi) is 6.51. The van der Waals surface area contributed by atoms with Crippen molar-refractivity contribution in [2.24, 2.45) is 5.73 Å². The van der Waals surface area contributed by atoms with Crippen molar-refractivity contribution in [3.63, 3.8) is 0 Å². The molecule has 24 heavy (non-hydrogen) atoms. The number of hydrogen-bond acceptors (Lipinski definition) is 3. The average Bonchev–Trinajstić information content (AvgIpc) is 2.59. The zero-order chi connectivity index (χ0) is 17.4. The van der Waals surface area contributed by atoms with Gasteiger partial charge in [0, 0.05) is 6.04 Å². The maximum Gasteiger partial charge on any atom is 0.318 e. The average molecular weight is 325 g/mol. The van der Waals surface area contributed by atoms with Gasteiger partial charge < -0.3 is 5.73 Å². The van der Waals surface area contributed by atoms with Crippen LogP contribution in [0.25, 0.3) is 0 Å². The largest absolute Gasteiger partial charge is 0.351 e. The van der Waals surface area contributed by atoms with Crippen LogP contribution >= 0.6 is 0 Å². The molecule has 0 heterocycles. The van der Waals surface area contributed by atoms with E-state index >= 15 is 0 Å². The normalized spacial score (nSPS) is 13.0. The molecular weight excluding hydrogens is 302 g/mol. The van der Waals surface area contributed by atoms with Gasteiger partial charge in [0.2, 0.25) is 5.91 Å². The van der Waals surface area contributed by atoms with Gasteiger partial charge >= 0.3 is 6.03 Å². The number of rotatable bonds is 7. The first kappa shape index (κ1) is 17.7. The number of benzene rings is 2. The van der Waals surface area contributed by atoms with E-state index in [1.165, 1.54) is 5.56 Å². The summed E-state index contributed by atoms with van der Waals surface area (Å²) in [7, 11) is 0. The van der Waals surface area contributed by atoms with E-state index in [0.717, 1.165) is 18.4 Å². The van der Waals surface area contributed by atoms with Crippen LogP contribution in [-0.2, 0) is 11.2 Å². The Morgan fingerprint density at radius 3 is 2.17 bits per heavy atom. The van der Waals surface area contributed by atoms with Crippen LogP contribution in [0.15, 0.2) is 60.7 Å². The van der Waals surface area contributed by atoms with Crippen molar-refractivity contribution >= 4 is 11.9 Å². The van der Waals surface area contributed by atoms with E-state index in [-0.39, 0.29) is 6.04 Å². The Balaban J connectivity index is 2.05. The Bertz CT molecular complexity index is 659. The van der Waals surface area contributed by atoms with Crippen LogP contribution in [0.3, 0.4) is 0 Å². The van der Waals surface area contributed by atoms with Crippen molar-refractivity contribution in [1.29, 1.82) is 0 Å².